The molecule has 0 bridgehead atoms. The van der Waals surface area contributed by atoms with Gasteiger partial charge in [0.1, 0.15) is 5.60 Å². The minimum absolute atomic E-state index is 0.532. The van der Waals surface area contributed by atoms with Gasteiger partial charge >= 0.3 is 37.1 Å². The highest BCUT2D eigenvalue weighted by Crippen LogP contribution is 2.55. The fourth-order valence-corrected chi connectivity index (χ4v) is 6.69. The monoisotopic (exact) mass is 729 g/mol. The van der Waals surface area contributed by atoms with Crippen LogP contribution in [0.25, 0.3) is 0 Å². The van der Waals surface area contributed by atoms with Crippen molar-refractivity contribution in [2.24, 2.45) is 0 Å². The van der Waals surface area contributed by atoms with E-state index in [1.54, 1.807) is 0 Å². The average molecular weight is 729 g/mol. The van der Waals surface area contributed by atoms with Crippen LogP contribution in [0.3, 0.4) is 0 Å². The second-order valence-electron chi connectivity index (χ2n) is 9.94. The molecule has 0 fully saturated rings. The van der Waals surface area contributed by atoms with Crippen LogP contribution < -0.4 is 10.6 Å². The van der Waals surface area contributed by atoms with Crippen molar-refractivity contribution >= 4 is 18.8 Å². The molecule has 1 heterocycles. The zero-order chi connectivity index (χ0) is 36.3. The maximum Gasteiger partial charge on any atom is 0.417 e. The summed E-state index contributed by atoms with van der Waals surface area (Å²) in [5.74, 6) is 0. The highest BCUT2D eigenvalue weighted by Gasteiger charge is 2.53. The predicted octanol–water partition coefficient (Wildman–Crippen LogP) is 10.5. The average Bonchev–Trinajstić information content (AvgIpc) is 2.88. The molecule has 2 nitrogen and oxygen atoms in total. The van der Waals surface area contributed by atoms with E-state index >= 15 is 0 Å². The first-order valence-corrected chi connectivity index (χ1v) is 13.3. The second kappa shape index (κ2) is 12.0. The summed E-state index contributed by atoms with van der Waals surface area (Å²) in [6, 6.07) is -0.720. The molecule has 2 aromatic carbocycles. The molecule has 0 amide bonds. The standard InChI is InChI=1S/C26H14F18NOP/c1-20(2,17-5-3-4-6-45-17)46-47(18-13(23(33,34)35)7-11(21(27,28)29)8-14(18)24(36,37)38)19-15(25(39,40)41)9-12(22(30,31)32)10-16(19)26(42,43)44/h3-10H,1-2H3. The number of pyridine rings is 1. The molecule has 0 aliphatic heterocycles. The van der Waals surface area contributed by atoms with Crippen LogP contribution in [0.15, 0.2) is 48.7 Å². The van der Waals surface area contributed by atoms with Gasteiger partial charge in [0.05, 0.1) is 47.2 Å². The largest absolute Gasteiger partial charge is 0.417 e. The highest BCUT2D eigenvalue weighted by molar-refractivity contribution is 7.69. The Kier molecular flexibility index (Phi) is 9.75. The van der Waals surface area contributed by atoms with Gasteiger partial charge in [-0.2, -0.15) is 79.0 Å². The number of rotatable bonds is 5. The van der Waals surface area contributed by atoms with E-state index in [0.717, 1.165) is 32.2 Å². The van der Waals surface area contributed by atoms with Crippen LogP contribution >= 0.6 is 8.15 Å². The molecule has 21 heteroatoms. The summed E-state index contributed by atoms with van der Waals surface area (Å²) in [5.41, 5.74) is -20.4. The van der Waals surface area contributed by atoms with Crippen molar-refractivity contribution in [2.75, 3.05) is 0 Å². The Bertz CT molecular complexity index is 1430. The Labute approximate surface area is 252 Å². The molecule has 1 aromatic heterocycles. The number of halogens is 18. The van der Waals surface area contributed by atoms with Crippen LogP contribution in [-0.4, -0.2) is 4.98 Å². The van der Waals surface area contributed by atoms with Crippen molar-refractivity contribution < 1.29 is 83.6 Å². The third-order valence-electron chi connectivity index (χ3n) is 6.10. The Morgan fingerprint density at radius 2 is 0.809 bits per heavy atom. The lowest BCUT2D eigenvalue weighted by Crippen LogP contribution is -2.38. The van der Waals surface area contributed by atoms with Crippen LogP contribution in [-0.2, 0) is 47.2 Å². The zero-order valence-corrected chi connectivity index (χ0v) is 23.6. The molecule has 0 aliphatic carbocycles. The second-order valence-corrected chi connectivity index (χ2v) is 11.6. The fraction of sp³-hybridized carbons (Fsp3) is 0.346. The Balaban J connectivity index is 2.75. The van der Waals surface area contributed by atoms with Gasteiger partial charge in [0, 0.05) is 16.8 Å². The summed E-state index contributed by atoms with van der Waals surface area (Å²) < 4.78 is 258. The maximum atomic E-state index is 14.3. The summed E-state index contributed by atoms with van der Waals surface area (Å²) in [6.45, 7) is 1.44. The molecule has 0 atom stereocenters. The molecule has 47 heavy (non-hydrogen) atoms. The third-order valence-corrected chi connectivity index (χ3v) is 8.52. The molecule has 0 radical (unpaired) electrons. The molecule has 0 N–H and O–H groups in total. The topological polar surface area (TPSA) is 22.1 Å². The molecule has 0 spiro atoms. The van der Waals surface area contributed by atoms with E-state index in [1.165, 1.54) is 6.07 Å². The normalized spacial score (nSPS) is 14.2. The molecule has 3 aromatic rings. The number of alkyl halides is 18. The van der Waals surface area contributed by atoms with E-state index < -0.39 is 125 Å². The first-order chi connectivity index (χ1) is 20.9. The SMILES string of the molecule is CC(C)(OP(c1c(C(F)(F)F)cc(C(F)(F)F)cc1C(F)(F)F)c1c(C(F)(F)F)cc(C(F)(F)F)cc1C(F)(F)F)c1ccccn1. The lowest BCUT2D eigenvalue weighted by atomic mass is 10.0. The van der Waals surface area contributed by atoms with Crippen molar-refractivity contribution in [2.45, 2.75) is 56.5 Å². The Morgan fingerprint density at radius 1 is 0.489 bits per heavy atom. The molecule has 0 unspecified atom stereocenters. The highest BCUT2D eigenvalue weighted by atomic mass is 31.1. The van der Waals surface area contributed by atoms with Crippen LogP contribution in [0.2, 0.25) is 0 Å². The van der Waals surface area contributed by atoms with Crippen molar-refractivity contribution in [3.63, 3.8) is 0 Å². The van der Waals surface area contributed by atoms with E-state index in [2.05, 4.69) is 4.98 Å². The smallest absolute Gasteiger partial charge is 0.337 e. The van der Waals surface area contributed by atoms with Crippen LogP contribution in [0.5, 0.6) is 0 Å². The van der Waals surface area contributed by atoms with Gasteiger partial charge in [-0.1, -0.05) is 6.07 Å². The van der Waals surface area contributed by atoms with Crippen molar-refractivity contribution in [1.82, 2.24) is 4.98 Å². The molecule has 3 rings (SSSR count). The minimum atomic E-state index is -6.35. The van der Waals surface area contributed by atoms with Gasteiger partial charge in [0.25, 0.3) is 0 Å². The molecule has 0 saturated carbocycles. The Hall–Kier alpha value is -3.28. The molecule has 0 aliphatic rings. The summed E-state index contributed by atoms with van der Waals surface area (Å²) in [7, 11) is -4.95. The van der Waals surface area contributed by atoms with Gasteiger partial charge < -0.3 is 4.52 Å². The zero-order valence-electron chi connectivity index (χ0n) is 22.7. The number of benzene rings is 2. The van der Waals surface area contributed by atoms with E-state index in [4.69, 9.17) is 4.52 Å². The van der Waals surface area contributed by atoms with Crippen LogP contribution in [0, 0.1) is 0 Å². The van der Waals surface area contributed by atoms with E-state index in [9.17, 15) is 79.0 Å². The molecule has 260 valence electrons. The summed E-state index contributed by atoms with van der Waals surface area (Å²) >= 11 is 0. The first kappa shape index (κ1) is 38.2. The van der Waals surface area contributed by atoms with Gasteiger partial charge in [0.15, 0.2) is 0 Å². The lowest BCUT2D eigenvalue weighted by Gasteiger charge is -2.36. The van der Waals surface area contributed by atoms with Gasteiger partial charge in [-0.05, 0) is 50.2 Å². The summed E-state index contributed by atoms with van der Waals surface area (Å²) in [4.78, 5) is 3.67. The third kappa shape index (κ3) is 8.42. The summed E-state index contributed by atoms with van der Waals surface area (Å²) in [5, 5.41) is -5.32. The number of hydrogen-bond acceptors (Lipinski definition) is 2. The Morgan fingerprint density at radius 3 is 1.04 bits per heavy atom. The van der Waals surface area contributed by atoms with Crippen LogP contribution in [0.4, 0.5) is 79.0 Å². The predicted molar refractivity (Wildman–Crippen MR) is 127 cm³/mol. The first-order valence-electron chi connectivity index (χ1n) is 12.1. The van der Waals surface area contributed by atoms with E-state index in [0.29, 0.717) is 0 Å². The number of nitrogens with zero attached hydrogens (tertiary/aromatic N) is 1. The molecular weight excluding hydrogens is 715 g/mol. The molecular formula is C26H14F18NOP. The van der Waals surface area contributed by atoms with E-state index in [-0.39, 0.29) is 0 Å². The lowest BCUT2D eigenvalue weighted by molar-refractivity contribution is -0.149. The van der Waals surface area contributed by atoms with Gasteiger partial charge in [-0.25, -0.2) is 0 Å². The van der Waals surface area contributed by atoms with Gasteiger partial charge in [0.2, 0.25) is 0 Å². The van der Waals surface area contributed by atoms with Crippen molar-refractivity contribution in [3.05, 3.63) is 87.7 Å². The molecule has 0 saturated heterocycles. The number of aromatic nitrogens is 1. The van der Waals surface area contributed by atoms with Crippen LogP contribution in [0.1, 0.15) is 52.9 Å². The maximum absolute atomic E-state index is 14.3. The fourth-order valence-electron chi connectivity index (χ4n) is 4.10. The van der Waals surface area contributed by atoms with Gasteiger partial charge in [-0.3, -0.25) is 4.98 Å². The number of hydrogen-bond donors (Lipinski definition) is 0. The van der Waals surface area contributed by atoms with Crippen molar-refractivity contribution in [1.29, 1.82) is 0 Å². The minimum Gasteiger partial charge on any atom is -0.337 e. The summed E-state index contributed by atoms with van der Waals surface area (Å²) in [6.07, 6.45) is -36.4. The van der Waals surface area contributed by atoms with Crippen molar-refractivity contribution in [3.8, 4) is 0 Å². The van der Waals surface area contributed by atoms with Gasteiger partial charge in [-0.15, -0.1) is 0 Å². The van der Waals surface area contributed by atoms with E-state index in [1.807, 2.05) is 0 Å². The quantitative estimate of drug-likeness (QED) is 0.193.